The second-order valence-electron chi connectivity index (χ2n) is 5.97. The quantitative estimate of drug-likeness (QED) is 0.208. The monoisotopic (exact) mass is 507 g/mol. The number of aliphatic imine (C=N–C) groups is 1. The van der Waals surface area contributed by atoms with Crippen molar-refractivity contribution in [3.63, 3.8) is 0 Å². The van der Waals surface area contributed by atoms with Crippen LogP contribution in [0.1, 0.15) is 33.3 Å². The molecule has 0 aromatic heterocycles. The molecule has 0 heterocycles. The zero-order valence-corrected chi connectivity index (χ0v) is 19.9. The van der Waals surface area contributed by atoms with Gasteiger partial charge in [0.25, 0.3) is 0 Å². The second kappa shape index (κ2) is 15.2. The van der Waals surface area contributed by atoms with Gasteiger partial charge in [-0.1, -0.05) is 13.0 Å². The molecule has 1 aromatic rings. The van der Waals surface area contributed by atoms with Crippen LogP contribution in [0, 0.1) is 5.92 Å². The summed E-state index contributed by atoms with van der Waals surface area (Å²) in [5.41, 5.74) is 1.15. The first-order valence-corrected chi connectivity index (χ1v) is 9.54. The van der Waals surface area contributed by atoms with Crippen LogP contribution in [-0.2, 0) is 16.0 Å². The molecule has 28 heavy (non-hydrogen) atoms. The van der Waals surface area contributed by atoms with Gasteiger partial charge in [-0.05, 0) is 44.9 Å². The minimum absolute atomic E-state index is 0. The summed E-state index contributed by atoms with van der Waals surface area (Å²) in [4.78, 5) is 15.9. The number of rotatable bonds is 11. The number of carbonyl (C=O) groups excluding carboxylic acids is 1. The highest BCUT2D eigenvalue weighted by molar-refractivity contribution is 14.0. The van der Waals surface area contributed by atoms with E-state index in [-0.39, 0.29) is 35.9 Å². The van der Waals surface area contributed by atoms with E-state index in [1.165, 1.54) is 7.11 Å². The molecule has 0 aliphatic rings. The predicted molar refractivity (Wildman–Crippen MR) is 123 cm³/mol. The average Bonchev–Trinajstić information content (AvgIpc) is 2.67. The summed E-state index contributed by atoms with van der Waals surface area (Å²) in [5, 5.41) is 6.47. The smallest absolute Gasteiger partial charge is 0.310 e. The maximum Gasteiger partial charge on any atom is 0.310 e. The van der Waals surface area contributed by atoms with Crippen molar-refractivity contribution < 1.29 is 19.0 Å². The third kappa shape index (κ3) is 9.48. The number of benzene rings is 1. The molecular formula is C20H34IN3O4. The maximum absolute atomic E-state index is 11.5. The van der Waals surface area contributed by atoms with Crippen molar-refractivity contribution in [1.29, 1.82) is 0 Å². The van der Waals surface area contributed by atoms with Crippen molar-refractivity contribution in [1.82, 2.24) is 10.6 Å². The molecular weight excluding hydrogens is 473 g/mol. The second-order valence-corrected chi connectivity index (χ2v) is 5.97. The van der Waals surface area contributed by atoms with Gasteiger partial charge in [-0.2, -0.15) is 0 Å². The first kappa shape index (κ1) is 26.3. The van der Waals surface area contributed by atoms with Crippen LogP contribution < -0.4 is 20.1 Å². The number of guanidine groups is 1. The Bertz CT molecular complexity index is 611. The van der Waals surface area contributed by atoms with E-state index in [1.54, 1.807) is 6.92 Å². The Balaban J connectivity index is 0.00000729. The van der Waals surface area contributed by atoms with Crippen LogP contribution in [0.3, 0.4) is 0 Å². The van der Waals surface area contributed by atoms with Crippen LogP contribution in [0.25, 0.3) is 0 Å². The first-order chi connectivity index (χ1) is 13.0. The Hall–Kier alpha value is -1.71. The van der Waals surface area contributed by atoms with E-state index in [1.807, 2.05) is 39.0 Å². The minimum atomic E-state index is -0.273. The molecule has 1 rings (SSSR count). The lowest BCUT2D eigenvalue weighted by Crippen LogP contribution is -2.38. The topological polar surface area (TPSA) is 81.2 Å². The van der Waals surface area contributed by atoms with Crippen molar-refractivity contribution in [2.45, 2.75) is 34.1 Å². The summed E-state index contributed by atoms with van der Waals surface area (Å²) in [6.45, 7) is 10.7. The Kier molecular flexibility index (Phi) is 14.3. The van der Waals surface area contributed by atoms with Crippen molar-refractivity contribution in [2.24, 2.45) is 10.9 Å². The molecule has 0 radical (unpaired) electrons. The number of ether oxygens (including phenoxy) is 3. The predicted octanol–water partition coefficient (Wildman–Crippen LogP) is 3.01. The summed E-state index contributed by atoms with van der Waals surface area (Å²) < 4.78 is 16.0. The highest BCUT2D eigenvalue weighted by atomic mass is 127. The summed E-state index contributed by atoms with van der Waals surface area (Å²) in [5.74, 6) is 1.69. The lowest BCUT2D eigenvalue weighted by atomic mass is 10.1. The molecule has 0 saturated heterocycles. The Labute approximate surface area is 185 Å². The fourth-order valence-corrected chi connectivity index (χ4v) is 2.42. The van der Waals surface area contributed by atoms with Crippen molar-refractivity contribution >= 4 is 35.9 Å². The number of nitrogens with zero attached hydrogens (tertiary/aromatic N) is 1. The zero-order chi connectivity index (χ0) is 20.1. The maximum atomic E-state index is 11.5. The Morgan fingerprint density at radius 1 is 1.11 bits per heavy atom. The molecule has 1 aromatic carbocycles. The van der Waals surface area contributed by atoms with Crippen molar-refractivity contribution in [2.75, 3.05) is 40.0 Å². The van der Waals surface area contributed by atoms with Crippen LogP contribution in [0.4, 0.5) is 0 Å². The van der Waals surface area contributed by atoms with Gasteiger partial charge in [0.1, 0.15) is 0 Å². The number of nitrogens with one attached hydrogen (secondary N) is 2. The first-order valence-electron chi connectivity index (χ1n) is 9.54. The number of hydrogen-bond donors (Lipinski definition) is 2. The summed E-state index contributed by atoms with van der Waals surface area (Å²) in [6.07, 6.45) is 0.809. The van der Waals surface area contributed by atoms with Gasteiger partial charge >= 0.3 is 5.97 Å². The van der Waals surface area contributed by atoms with Gasteiger partial charge in [-0.15, -0.1) is 24.0 Å². The van der Waals surface area contributed by atoms with Gasteiger partial charge in [-0.25, -0.2) is 0 Å². The summed E-state index contributed by atoms with van der Waals surface area (Å²) in [7, 11) is 1.39. The van der Waals surface area contributed by atoms with E-state index < -0.39 is 0 Å². The molecule has 0 fully saturated rings. The van der Waals surface area contributed by atoms with E-state index in [9.17, 15) is 4.79 Å². The van der Waals surface area contributed by atoms with Crippen LogP contribution in [-0.4, -0.2) is 51.9 Å². The van der Waals surface area contributed by atoms with Gasteiger partial charge in [0, 0.05) is 13.1 Å². The van der Waals surface area contributed by atoms with Gasteiger partial charge in [0.15, 0.2) is 17.5 Å². The van der Waals surface area contributed by atoms with Crippen LogP contribution in [0.2, 0.25) is 0 Å². The SMILES string of the molecule is CCNC(=NCC(C)C(=O)OC)NCCc1ccc(OCC)c(OCC)c1.I. The van der Waals surface area contributed by atoms with E-state index in [4.69, 9.17) is 14.2 Å². The highest BCUT2D eigenvalue weighted by Crippen LogP contribution is 2.28. The highest BCUT2D eigenvalue weighted by Gasteiger charge is 2.12. The lowest BCUT2D eigenvalue weighted by molar-refractivity contribution is -0.144. The number of halogens is 1. The van der Waals surface area contributed by atoms with Crippen molar-refractivity contribution in [3.8, 4) is 11.5 Å². The molecule has 0 aliphatic carbocycles. The zero-order valence-electron chi connectivity index (χ0n) is 17.5. The Morgan fingerprint density at radius 2 is 1.79 bits per heavy atom. The molecule has 1 unspecified atom stereocenters. The third-order valence-corrected chi connectivity index (χ3v) is 3.78. The minimum Gasteiger partial charge on any atom is -0.490 e. The van der Waals surface area contributed by atoms with Crippen LogP contribution >= 0.6 is 24.0 Å². The van der Waals surface area contributed by atoms with Gasteiger partial charge in [0.05, 0.1) is 32.8 Å². The molecule has 1 atom stereocenters. The van der Waals surface area contributed by atoms with Crippen LogP contribution in [0.5, 0.6) is 11.5 Å². The van der Waals surface area contributed by atoms with E-state index in [2.05, 4.69) is 15.6 Å². The average molecular weight is 507 g/mol. The standard InChI is InChI=1S/C20H33N3O4.HI/c1-6-21-20(23-14-15(4)19(24)25-5)22-12-11-16-9-10-17(26-7-2)18(13-16)27-8-3;/h9-10,13,15H,6-8,11-12,14H2,1-5H3,(H2,21,22,23);1H. The largest absolute Gasteiger partial charge is 0.490 e. The molecule has 8 heteroatoms. The van der Waals surface area contributed by atoms with E-state index >= 15 is 0 Å². The number of carbonyl (C=O) groups is 1. The fraction of sp³-hybridized carbons (Fsp3) is 0.600. The molecule has 0 spiro atoms. The fourth-order valence-electron chi connectivity index (χ4n) is 2.42. The van der Waals surface area contributed by atoms with E-state index in [0.29, 0.717) is 32.3 Å². The molecule has 0 saturated carbocycles. The normalized spacial score (nSPS) is 11.8. The van der Waals surface area contributed by atoms with Gasteiger partial charge < -0.3 is 24.8 Å². The number of esters is 1. The molecule has 2 N–H and O–H groups in total. The molecule has 7 nitrogen and oxygen atoms in total. The molecule has 0 amide bonds. The number of methoxy groups -OCH3 is 1. The molecule has 0 aliphatic heterocycles. The molecule has 0 bridgehead atoms. The van der Waals surface area contributed by atoms with Gasteiger partial charge in [-0.3, -0.25) is 9.79 Å². The van der Waals surface area contributed by atoms with Crippen LogP contribution in [0.15, 0.2) is 23.2 Å². The third-order valence-electron chi connectivity index (χ3n) is 3.78. The Morgan fingerprint density at radius 3 is 2.39 bits per heavy atom. The van der Waals surface area contributed by atoms with Crippen molar-refractivity contribution in [3.05, 3.63) is 23.8 Å². The lowest BCUT2D eigenvalue weighted by Gasteiger charge is -2.14. The summed E-state index contributed by atoms with van der Waals surface area (Å²) >= 11 is 0. The molecule has 160 valence electrons. The van der Waals surface area contributed by atoms with Gasteiger partial charge in [0.2, 0.25) is 0 Å². The summed E-state index contributed by atoms with van der Waals surface area (Å²) in [6, 6.07) is 6.00. The number of hydrogen-bond acceptors (Lipinski definition) is 5. The van der Waals surface area contributed by atoms with E-state index in [0.717, 1.165) is 30.0 Å².